The van der Waals surface area contributed by atoms with Crippen LogP contribution in [-0.4, -0.2) is 32.0 Å². The summed E-state index contributed by atoms with van der Waals surface area (Å²) in [6, 6.07) is 7.24. The summed E-state index contributed by atoms with van der Waals surface area (Å²) in [5, 5.41) is 0. The topological polar surface area (TPSA) is 102 Å². The van der Waals surface area contributed by atoms with E-state index in [4.69, 9.17) is 10.5 Å². The molecule has 7 nitrogen and oxygen atoms in total. The van der Waals surface area contributed by atoms with Gasteiger partial charge in [0.2, 0.25) is 0 Å². The largest absolute Gasteiger partial charge is 0.446 e. The third-order valence-electron chi connectivity index (χ3n) is 2.63. The van der Waals surface area contributed by atoms with Crippen molar-refractivity contribution in [2.24, 2.45) is 5.73 Å². The van der Waals surface area contributed by atoms with Crippen molar-refractivity contribution in [3.63, 3.8) is 0 Å². The Kier molecular flexibility index (Phi) is 6.13. The van der Waals surface area contributed by atoms with E-state index in [0.717, 1.165) is 15.4 Å². The molecule has 118 valence electrons. The SMILES string of the molecule is CC(C)OC(=O)NS(=O)(=O)N(C)Cc1ccc(CN)cc1. The van der Waals surface area contributed by atoms with Gasteiger partial charge in [-0.05, 0) is 25.0 Å². The molecule has 3 N–H and O–H groups in total. The van der Waals surface area contributed by atoms with Crippen LogP contribution >= 0.6 is 0 Å². The molecule has 0 heterocycles. The fourth-order valence-electron chi connectivity index (χ4n) is 1.54. The van der Waals surface area contributed by atoms with Gasteiger partial charge in [-0.25, -0.2) is 9.52 Å². The first-order chi connectivity index (χ1) is 9.74. The summed E-state index contributed by atoms with van der Waals surface area (Å²) in [6.45, 7) is 3.83. The molecule has 1 rings (SSSR count). The Morgan fingerprint density at radius 3 is 2.29 bits per heavy atom. The van der Waals surface area contributed by atoms with E-state index in [1.165, 1.54) is 7.05 Å². The summed E-state index contributed by atoms with van der Waals surface area (Å²) in [5.41, 5.74) is 7.25. The summed E-state index contributed by atoms with van der Waals surface area (Å²) >= 11 is 0. The van der Waals surface area contributed by atoms with E-state index >= 15 is 0 Å². The number of carbonyl (C=O) groups is 1. The van der Waals surface area contributed by atoms with Gasteiger partial charge in [0.05, 0.1) is 6.10 Å². The Balaban J connectivity index is 2.67. The molecule has 0 atom stereocenters. The van der Waals surface area contributed by atoms with Crippen LogP contribution in [0, 0.1) is 0 Å². The first-order valence-corrected chi connectivity index (χ1v) is 7.91. The van der Waals surface area contributed by atoms with Gasteiger partial charge in [0.1, 0.15) is 0 Å². The standard InChI is InChI=1S/C13H21N3O4S/c1-10(2)20-13(17)15-21(18,19)16(3)9-12-6-4-11(8-14)5-7-12/h4-7,10H,8-9,14H2,1-3H3,(H,15,17). The van der Waals surface area contributed by atoms with E-state index in [1.54, 1.807) is 26.0 Å². The van der Waals surface area contributed by atoms with Gasteiger partial charge in [-0.2, -0.15) is 12.7 Å². The number of nitrogens with two attached hydrogens (primary N) is 1. The number of hydrogen-bond donors (Lipinski definition) is 2. The van der Waals surface area contributed by atoms with E-state index < -0.39 is 22.4 Å². The smallest absolute Gasteiger partial charge is 0.422 e. The molecular formula is C13H21N3O4S. The number of hydrogen-bond acceptors (Lipinski definition) is 5. The van der Waals surface area contributed by atoms with Gasteiger partial charge in [0.15, 0.2) is 0 Å². The van der Waals surface area contributed by atoms with Gasteiger partial charge in [0.25, 0.3) is 0 Å². The van der Waals surface area contributed by atoms with Crippen molar-refractivity contribution in [1.29, 1.82) is 0 Å². The van der Waals surface area contributed by atoms with Crippen molar-refractivity contribution in [1.82, 2.24) is 9.03 Å². The number of carbonyl (C=O) groups excluding carboxylic acids is 1. The van der Waals surface area contributed by atoms with E-state index in [-0.39, 0.29) is 6.54 Å². The number of benzene rings is 1. The summed E-state index contributed by atoms with van der Waals surface area (Å²) in [7, 11) is -2.56. The average molecular weight is 315 g/mol. The molecule has 0 radical (unpaired) electrons. The second-order valence-corrected chi connectivity index (χ2v) is 6.62. The molecule has 0 bridgehead atoms. The summed E-state index contributed by atoms with van der Waals surface area (Å²) < 4.78 is 31.5. The zero-order chi connectivity index (χ0) is 16.0. The number of nitrogens with zero attached hydrogens (tertiary/aromatic N) is 1. The van der Waals surface area contributed by atoms with Crippen molar-refractivity contribution in [3.8, 4) is 0 Å². The van der Waals surface area contributed by atoms with Crippen LogP contribution in [0.5, 0.6) is 0 Å². The normalized spacial score (nSPS) is 11.7. The molecule has 0 aliphatic heterocycles. The molecule has 1 aromatic rings. The number of amides is 1. The van der Waals surface area contributed by atoms with Crippen molar-refractivity contribution in [2.75, 3.05) is 7.05 Å². The van der Waals surface area contributed by atoms with E-state index in [2.05, 4.69) is 0 Å². The van der Waals surface area contributed by atoms with Crippen LogP contribution < -0.4 is 10.5 Å². The van der Waals surface area contributed by atoms with Crippen LogP contribution in [0.1, 0.15) is 25.0 Å². The number of nitrogens with one attached hydrogen (secondary N) is 1. The lowest BCUT2D eigenvalue weighted by atomic mass is 10.1. The Morgan fingerprint density at radius 2 is 1.81 bits per heavy atom. The lowest BCUT2D eigenvalue weighted by Gasteiger charge is -2.18. The monoisotopic (exact) mass is 315 g/mol. The molecule has 0 saturated heterocycles. The molecule has 1 aromatic carbocycles. The molecule has 0 aromatic heterocycles. The maximum atomic E-state index is 11.9. The highest BCUT2D eigenvalue weighted by atomic mass is 32.2. The second kappa shape index (κ2) is 7.39. The molecule has 0 unspecified atom stereocenters. The Hall–Kier alpha value is -1.64. The van der Waals surface area contributed by atoms with Gasteiger partial charge in [-0.1, -0.05) is 24.3 Å². The zero-order valence-corrected chi connectivity index (χ0v) is 13.2. The van der Waals surface area contributed by atoms with Gasteiger partial charge < -0.3 is 10.5 Å². The van der Waals surface area contributed by atoms with Crippen LogP contribution in [0.15, 0.2) is 24.3 Å². The Bertz CT molecular complexity index is 570. The van der Waals surface area contributed by atoms with E-state index in [1.807, 2.05) is 16.9 Å². The Morgan fingerprint density at radius 1 is 1.29 bits per heavy atom. The molecule has 0 aliphatic rings. The lowest BCUT2D eigenvalue weighted by Crippen LogP contribution is -2.42. The zero-order valence-electron chi connectivity index (χ0n) is 12.4. The minimum Gasteiger partial charge on any atom is -0.446 e. The maximum Gasteiger partial charge on any atom is 0.422 e. The predicted octanol–water partition coefficient (Wildman–Crippen LogP) is 0.956. The van der Waals surface area contributed by atoms with Gasteiger partial charge in [0, 0.05) is 20.1 Å². The minimum atomic E-state index is -3.93. The molecular weight excluding hydrogens is 294 g/mol. The van der Waals surface area contributed by atoms with Crippen molar-refractivity contribution in [2.45, 2.75) is 33.0 Å². The van der Waals surface area contributed by atoms with Crippen LogP contribution in [0.25, 0.3) is 0 Å². The van der Waals surface area contributed by atoms with Crippen molar-refractivity contribution in [3.05, 3.63) is 35.4 Å². The van der Waals surface area contributed by atoms with Gasteiger partial charge >= 0.3 is 16.3 Å². The van der Waals surface area contributed by atoms with Crippen LogP contribution in [-0.2, 0) is 28.0 Å². The van der Waals surface area contributed by atoms with Gasteiger partial charge in [-0.15, -0.1) is 0 Å². The number of ether oxygens (including phenoxy) is 1. The first kappa shape index (κ1) is 17.4. The number of rotatable bonds is 6. The highest BCUT2D eigenvalue weighted by Crippen LogP contribution is 2.08. The quantitative estimate of drug-likeness (QED) is 0.814. The van der Waals surface area contributed by atoms with E-state index in [0.29, 0.717) is 6.54 Å². The van der Waals surface area contributed by atoms with Crippen LogP contribution in [0.4, 0.5) is 4.79 Å². The molecule has 1 amide bonds. The third kappa shape index (κ3) is 5.70. The predicted molar refractivity (Wildman–Crippen MR) is 79.5 cm³/mol. The summed E-state index contributed by atoms with van der Waals surface area (Å²) in [6.07, 6.45) is -1.38. The molecule has 8 heteroatoms. The highest BCUT2D eigenvalue weighted by Gasteiger charge is 2.22. The molecule has 0 aliphatic carbocycles. The minimum absolute atomic E-state index is 0.134. The Labute approximate surface area is 125 Å². The third-order valence-corrected chi connectivity index (χ3v) is 4.00. The van der Waals surface area contributed by atoms with Crippen LogP contribution in [0.2, 0.25) is 0 Å². The van der Waals surface area contributed by atoms with Gasteiger partial charge in [-0.3, -0.25) is 0 Å². The first-order valence-electron chi connectivity index (χ1n) is 6.47. The molecule has 0 saturated carbocycles. The van der Waals surface area contributed by atoms with E-state index in [9.17, 15) is 13.2 Å². The average Bonchev–Trinajstić information content (AvgIpc) is 2.37. The summed E-state index contributed by atoms with van der Waals surface area (Å²) in [4.78, 5) is 11.4. The van der Waals surface area contributed by atoms with Crippen molar-refractivity contribution < 1.29 is 17.9 Å². The summed E-state index contributed by atoms with van der Waals surface area (Å²) in [5.74, 6) is 0. The second-order valence-electron chi connectivity index (χ2n) is 4.84. The molecule has 21 heavy (non-hydrogen) atoms. The lowest BCUT2D eigenvalue weighted by molar-refractivity contribution is 0.121. The molecule has 0 spiro atoms. The fraction of sp³-hybridized carbons (Fsp3) is 0.462. The maximum absolute atomic E-state index is 11.9. The molecule has 0 fully saturated rings. The van der Waals surface area contributed by atoms with Crippen LogP contribution in [0.3, 0.4) is 0 Å². The highest BCUT2D eigenvalue weighted by molar-refractivity contribution is 7.87. The fourth-order valence-corrected chi connectivity index (χ4v) is 2.28. The van der Waals surface area contributed by atoms with Crippen molar-refractivity contribution >= 4 is 16.3 Å².